The number of ether oxygens (including phenoxy) is 1. The highest BCUT2D eigenvalue weighted by Crippen LogP contribution is 2.34. The van der Waals surface area contributed by atoms with Crippen LogP contribution in [0, 0.1) is 12.8 Å². The first kappa shape index (κ1) is 26.9. The van der Waals surface area contributed by atoms with Gasteiger partial charge >= 0.3 is 6.36 Å². The molecule has 0 fully saturated rings. The van der Waals surface area contributed by atoms with Crippen LogP contribution in [0.1, 0.15) is 45.2 Å². The van der Waals surface area contributed by atoms with Gasteiger partial charge in [0.25, 0.3) is 0 Å². The molecule has 0 aliphatic carbocycles. The number of nitrogens with zero attached hydrogens (tertiary/aromatic N) is 1. The first-order valence-corrected chi connectivity index (χ1v) is 10.6. The fourth-order valence-corrected chi connectivity index (χ4v) is 2.70. The van der Waals surface area contributed by atoms with Crippen LogP contribution >= 0.6 is 0 Å². The lowest BCUT2D eigenvalue weighted by Crippen LogP contribution is -2.20. The number of nitrogens with one attached hydrogen (secondary N) is 1. The van der Waals surface area contributed by atoms with Crippen LogP contribution in [0.4, 0.5) is 18.9 Å². The third-order valence-corrected chi connectivity index (χ3v) is 4.60. The standard InChI is InChI=1S/C23H25F3N2O2.C2H6/c1-5-15(3)13-27-21-12-17(14-28-22(29)6-2)11-20(16(21)4)18-7-9-19(10-8-18)30-23(24,25)26;1-2/h6-13,15H,2,5,14H2,1,3-4H3,(H,28,29);1-2H3. The van der Waals surface area contributed by atoms with Crippen LogP contribution < -0.4 is 10.1 Å². The average molecular weight is 449 g/mol. The number of rotatable bonds is 8. The second-order valence-electron chi connectivity index (χ2n) is 6.95. The lowest BCUT2D eigenvalue weighted by molar-refractivity contribution is -0.274. The molecule has 2 aromatic carbocycles. The number of benzene rings is 2. The third kappa shape index (κ3) is 8.57. The van der Waals surface area contributed by atoms with Crippen LogP contribution in [0.25, 0.3) is 11.1 Å². The van der Waals surface area contributed by atoms with Crippen molar-refractivity contribution in [1.82, 2.24) is 5.32 Å². The van der Waals surface area contributed by atoms with Gasteiger partial charge in [0.15, 0.2) is 0 Å². The zero-order chi connectivity index (χ0) is 24.3. The lowest BCUT2D eigenvalue weighted by atomic mass is 9.96. The van der Waals surface area contributed by atoms with Gasteiger partial charge in [0, 0.05) is 12.8 Å². The minimum absolute atomic E-state index is 0.277. The zero-order valence-corrected chi connectivity index (χ0v) is 19.2. The molecule has 2 rings (SSSR count). The molecule has 7 heteroatoms. The van der Waals surface area contributed by atoms with Gasteiger partial charge < -0.3 is 10.1 Å². The molecule has 0 saturated carbocycles. The van der Waals surface area contributed by atoms with Gasteiger partial charge in [-0.25, -0.2) is 0 Å². The largest absolute Gasteiger partial charge is 0.573 e. The molecular weight excluding hydrogens is 417 g/mol. The topological polar surface area (TPSA) is 50.7 Å². The summed E-state index contributed by atoms with van der Waals surface area (Å²) in [7, 11) is 0. The van der Waals surface area contributed by atoms with E-state index in [1.165, 1.54) is 18.2 Å². The lowest BCUT2D eigenvalue weighted by Gasteiger charge is -2.14. The Labute approximate surface area is 188 Å². The van der Waals surface area contributed by atoms with Crippen LogP contribution in [0.2, 0.25) is 0 Å². The number of hydrogen-bond donors (Lipinski definition) is 1. The van der Waals surface area contributed by atoms with E-state index in [1.807, 2.05) is 39.1 Å². The molecule has 1 N–H and O–H groups in total. The van der Waals surface area contributed by atoms with Gasteiger partial charge in [0.05, 0.1) is 5.69 Å². The molecule has 4 nitrogen and oxygen atoms in total. The van der Waals surface area contributed by atoms with Gasteiger partial charge in [-0.2, -0.15) is 0 Å². The minimum atomic E-state index is -4.74. The first-order valence-electron chi connectivity index (χ1n) is 10.6. The van der Waals surface area contributed by atoms with Crippen molar-refractivity contribution in [3.8, 4) is 16.9 Å². The quantitative estimate of drug-likeness (QED) is 0.345. The maximum atomic E-state index is 12.4. The summed E-state index contributed by atoms with van der Waals surface area (Å²) in [5.41, 5.74) is 3.98. The van der Waals surface area contributed by atoms with Crippen LogP contribution in [0.5, 0.6) is 5.75 Å². The molecule has 174 valence electrons. The number of alkyl halides is 3. The zero-order valence-electron chi connectivity index (χ0n) is 19.2. The Morgan fingerprint density at radius 3 is 2.38 bits per heavy atom. The summed E-state index contributed by atoms with van der Waals surface area (Å²) in [6.07, 6.45) is -0.724. The minimum Gasteiger partial charge on any atom is -0.406 e. The number of carbonyl (C=O) groups excluding carboxylic acids is 1. The highest BCUT2D eigenvalue weighted by Gasteiger charge is 2.31. The summed E-state index contributed by atoms with van der Waals surface area (Å²) in [5.74, 6) is -0.278. The highest BCUT2D eigenvalue weighted by molar-refractivity contribution is 5.87. The monoisotopic (exact) mass is 448 g/mol. The summed E-state index contributed by atoms with van der Waals surface area (Å²) >= 11 is 0. The predicted octanol–water partition coefficient (Wildman–Crippen LogP) is 7.14. The van der Waals surface area contributed by atoms with Gasteiger partial charge in [-0.05, 0) is 71.9 Å². The van der Waals surface area contributed by atoms with Crippen molar-refractivity contribution in [3.63, 3.8) is 0 Å². The van der Waals surface area contributed by atoms with Crippen LogP contribution in [0.15, 0.2) is 54.0 Å². The molecular formula is C25H31F3N2O2. The van der Waals surface area contributed by atoms with E-state index in [0.717, 1.165) is 34.4 Å². The number of halogens is 3. The normalized spacial score (nSPS) is 12.0. The van der Waals surface area contributed by atoms with Crippen molar-refractivity contribution in [2.75, 3.05) is 0 Å². The Morgan fingerprint density at radius 1 is 1.22 bits per heavy atom. The van der Waals surface area contributed by atoms with E-state index in [0.29, 0.717) is 5.92 Å². The van der Waals surface area contributed by atoms with Gasteiger partial charge in [0.2, 0.25) is 5.91 Å². The molecule has 1 amide bonds. The number of hydrogen-bond acceptors (Lipinski definition) is 3. The van der Waals surface area contributed by atoms with Crippen molar-refractivity contribution in [1.29, 1.82) is 0 Å². The Hall–Kier alpha value is -3.09. The summed E-state index contributed by atoms with van der Waals surface area (Å²) in [4.78, 5) is 16.1. The number of carbonyl (C=O) groups is 1. The first-order chi connectivity index (χ1) is 15.1. The summed E-state index contributed by atoms with van der Waals surface area (Å²) in [5, 5.41) is 2.73. The van der Waals surface area contributed by atoms with E-state index in [-0.39, 0.29) is 18.2 Å². The van der Waals surface area contributed by atoms with E-state index in [2.05, 4.69) is 35.5 Å². The van der Waals surface area contributed by atoms with Gasteiger partial charge in [0.1, 0.15) is 5.75 Å². The van der Waals surface area contributed by atoms with Crippen molar-refractivity contribution in [2.24, 2.45) is 10.9 Å². The second-order valence-corrected chi connectivity index (χ2v) is 6.95. The van der Waals surface area contributed by atoms with E-state index in [4.69, 9.17) is 0 Å². The summed E-state index contributed by atoms with van der Waals surface area (Å²) in [6, 6.07) is 9.46. The third-order valence-electron chi connectivity index (χ3n) is 4.60. The summed E-state index contributed by atoms with van der Waals surface area (Å²) in [6.45, 7) is 13.8. The second kappa shape index (κ2) is 12.7. The van der Waals surface area contributed by atoms with E-state index in [1.54, 1.807) is 12.1 Å². The maximum absolute atomic E-state index is 12.4. The van der Waals surface area contributed by atoms with Crippen molar-refractivity contribution in [2.45, 2.75) is 53.9 Å². The van der Waals surface area contributed by atoms with Gasteiger partial charge in [-0.3, -0.25) is 9.79 Å². The Bertz CT molecular complexity index is 920. The Morgan fingerprint density at radius 2 is 1.84 bits per heavy atom. The van der Waals surface area contributed by atoms with Crippen molar-refractivity contribution in [3.05, 3.63) is 60.2 Å². The fraction of sp³-hybridized carbons (Fsp3) is 0.360. The van der Waals surface area contributed by atoms with E-state index < -0.39 is 6.36 Å². The van der Waals surface area contributed by atoms with Crippen molar-refractivity contribution < 1.29 is 22.7 Å². The molecule has 1 atom stereocenters. The SMILES string of the molecule is C=CC(=O)NCc1cc(N=CC(C)CC)c(C)c(-c2ccc(OC(F)(F)F)cc2)c1.CC. The molecule has 32 heavy (non-hydrogen) atoms. The van der Waals surface area contributed by atoms with Crippen LogP contribution in [-0.4, -0.2) is 18.5 Å². The molecule has 0 saturated heterocycles. The molecule has 1 unspecified atom stereocenters. The molecule has 0 aromatic heterocycles. The molecule has 0 spiro atoms. The maximum Gasteiger partial charge on any atom is 0.573 e. The molecule has 0 bridgehead atoms. The molecule has 0 heterocycles. The summed E-state index contributed by atoms with van der Waals surface area (Å²) < 4.78 is 41.2. The predicted molar refractivity (Wildman–Crippen MR) is 124 cm³/mol. The number of aliphatic imine (C=N–C) groups is 1. The number of amides is 1. The molecule has 0 radical (unpaired) electrons. The smallest absolute Gasteiger partial charge is 0.406 e. The highest BCUT2D eigenvalue weighted by atomic mass is 19.4. The molecule has 0 aliphatic heterocycles. The van der Waals surface area contributed by atoms with Gasteiger partial charge in [-0.1, -0.05) is 46.4 Å². The molecule has 2 aromatic rings. The Kier molecular flexibility index (Phi) is 10.7. The fourth-order valence-electron chi connectivity index (χ4n) is 2.70. The van der Waals surface area contributed by atoms with E-state index in [9.17, 15) is 18.0 Å². The average Bonchev–Trinajstić information content (AvgIpc) is 2.77. The molecule has 0 aliphatic rings. The Balaban J connectivity index is 0.00000249. The van der Waals surface area contributed by atoms with Crippen LogP contribution in [-0.2, 0) is 11.3 Å². The van der Waals surface area contributed by atoms with Gasteiger partial charge in [-0.15, -0.1) is 13.2 Å². The van der Waals surface area contributed by atoms with E-state index >= 15 is 0 Å². The van der Waals surface area contributed by atoms with Crippen LogP contribution in [0.3, 0.4) is 0 Å². The van der Waals surface area contributed by atoms with Crippen molar-refractivity contribution >= 4 is 17.8 Å².